The first-order chi connectivity index (χ1) is 3.38. The number of hydroxylamine groups is 2. The van der Waals surface area contributed by atoms with Crippen LogP contribution in [0, 0.1) is 0 Å². The summed E-state index contributed by atoms with van der Waals surface area (Å²) in [6, 6.07) is 0. The molecule has 0 aromatic carbocycles. The Morgan fingerprint density at radius 1 is 1.86 bits per heavy atom. The molecular weight excluding hydrogens is 98.0 g/mol. The van der Waals surface area contributed by atoms with Crippen LogP contribution in [-0.2, 0) is 9.57 Å². The highest BCUT2D eigenvalue weighted by molar-refractivity contribution is 5.70. The van der Waals surface area contributed by atoms with Crippen molar-refractivity contribution in [3.63, 3.8) is 0 Å². The number of nitrogens with zero attached hydrogens (tertiary/aromatic N) is 1. The lowest BCUT2D eigenvalue weighted by Gasteiger charge is -1.88. The first-order valence-electron chi connectivity index (χ1n) is 2.01. The van der Waals surface area contributed by atoms with Gasteiger partial charge in [-0.05, 0) is 0 Å². The van der Waals surface area contributed by atoms with Gasteiger partial charge in [-0.25, -0.2) is 9.63 Å². The predicted octanol–water partition coefficient (Wildman–Crippen LogP) is -0.290. The van der Waals surface area contributed by atoms with E-state index < -0.39 is 0 Å². The number of ether oxygens (including phenoxy) is 1. The molecule has 7 heavy (non-hydrogen) atoms. The third-order valence-electron chi connectivity index (χ3n) is 0.981. The van der Waals surface area contributed by atoms with Crippen molar-refractivity contribution < 1.29 is 14.4 Å². The van der Waals surface area contributed by atoms with E-state index in [0.29, 0.717) is 6.61 Å². The minimum atomic E-state index is -0.356. The van der Waals surface area contributed by atoms with Crippen LogP contribution in [0.25, 0.3) is 0 Å². The van der Waals surface area contributed by atoms with Gasteiger partial charge in [-0.15, -0.1) is 5.06 Å². The molecule has 0 aromatic heterocycles. The van der Waals surface area contributed by atoms with E-state index in [4.69, 9.17) is 0 Å². The molecule has 0 spiro atoms. The van der Waals surface area contributed by atoms with Crippen molar-refractivity contribution >= 4 is 6.09 Å². The summed E-state index contributed by atoms with van der Waals surface area (Å²) < 4.78 is 4.48. The van der Waals surface area contributed by atoms with Crippen molar-refractivity contribution in [2.75, 3.05) is 6.61 Å². The summed E-state index contributed by atoms with van der Waals surface area (Å²) in [5, 5.41) is 1.21. The van der Waals surface area contributed by atoms with E-state index in [-0.39, 0.29) is 12.3 Å². The Kier molecular flexibility index (Phi) is 0.346. The predicted molar refractivity (Wildman–Crippen MR) is 18.1 cm³/mol. The molecule has 0 aliphatic carbocycles. The van der Waals surface area contributed by atoms with Gasteiger partial charge < -0.3 is 4.74 Å². The molecule has 4 heteroatoms. The molecule has 0 saturated carbocycles. The fraction of sp³-hybridized carbons (Fsp3) is 0.667. The van der Waals surface area contributed by atoms with E-state index in [9.17, 15) is 4.79 Å². The Morgan fingerprint density at radius 3 is 2.86 bits per heavy atom. The van der Waals surface area contributed by atoms with Gasteiger partial charge in [0.1, 0.15) is 6.61 Å². The van der Waals surface area contributed by atoms with E-state index >= 15 is 0 Å². The lowest BCUT2D eigenvalue weighted by atomic mass is 10.7. The van der Waals surface area contributed by atoms with Crippen LogP contribution in [0.15, 0.2) is 0 Å². The fourth-order valence-electron chi connectivity index (χ4n) is 0.569. The molecule has 1 unspecified atom stereocenters. The second-order valence-electron chi connectivity index (χ2n) is 1.46. The molecule has 1 atom stereocenters. The number of hydrogen-bond acceptors (Lipinski definition) is 3. The van der Waals surface area contributed by atoms with E-state index in [1.54, 1.807) is 0 Å². The second kappa shape index (κ2) is 0.742. The maximum absolute atomic E-state index is 10.2. The number of hydrogen-bond donors (Lipinski definition) is 0. The zero-order chi connectivity index (χ0) is 4.85. The van der Waals surface area contributed by atoms with Gasteiger partial charge in [-0.2, -0.15) is 0 Å². The van der Waals surface area contributed by atoms with Crippen LogP contribution in [0.2, 0.25) is 0 Å². The third-order valence-corrected chi connectivity index (χ3v) is 0.981. The third kappa shape index (κ3) is 0.269. The minimum absolute atomic E-state index is 0.0486. The number of rotatable bonds is 0. The molecule has 1 amide bonds. The van der Waals surface area contributed by atoms with Gasteiger partial charge in [0.05, 0.1) is 0 Å². The molecular formula is C3H3NO3. The summed E-state index contributed by atoms with van der Waals surface area (Å²) in [6.45, 7) is 0.402. The van der Waals surface area contributed by atoms with Crippen LogP contribution in [-0.4, -0.2) is 24.0 Å². The summed E-state index contributed by atoms with van der Waals surface area (Å²) in [6.07, 6.45) is -0.405. The fourth-order valence-corrected chi connectivity index (χ4v) is 0.569. The van der Waals surface area contributed by atoms with E-state index in [1.165, 1.54) is 5.06 Å². The maximum Gasteiger partial charge on any atom is 0.436 e. The zero-order valence-electron chi connectivity index (χ0n) is 3.46. The summed E-state index contributed by atoms with van der Waals surface area (Å²) >= 11 is 0. The van der Waals surface area contributed by atoms with Crippen LogP contribution in [0.3, 0.4) is 0 Å². The van der Waals surface area contributed by atoms with Gasteiger partial charge in [-0.1, -0.05) is 0 Å². The van der Waals surface area contributed by atoms with Crippen LogP contribution in [0.4, 0.5) is 4.79 Å². The van der Waals surface area contributed by atoms with Crippen molar-refractivity contribution in [2.24, 2.45) is 0 Å². The molecule has 2 aliphatic rings. The van der Waals surface area contributed by atoms with Gasteiger partial charge in [0.2, 0.25) is 6.23 Å². The van der Waals surface area contributed by atoms with Crippen molar-refractivity contribution in [3.05, 3.63) is 0 Å². The number of fused-ring (bicyclic) bond motifs is 1. The largest absolute Gasteiger partial charge is 0.443 e. The van der Waals surface area contributed by atoms with Gasteiger partial charge >= 0.3 is 6.09 Å². The molecule has 2 fully saturated rings. The molecule has 0 bridgehead atoms. The molecule has 0 N–H and O–H groups in total. The highest BCUT2D eigenvalue weighted by atomic mass is 16.9. The molecule has 2 saturated heterocycles. The van der Waals surface area contributed by atoms with Crippen LogP contribution in [0.1, 0.15) is 0 Å². The Hall–Kier alpha value is -0.770. The summed E-state index contributed by atoms with van der Waals surface area (Å²) in [5.41, 5.74) is 0. The highest BCUT2D eigenvalue weighted by Gasteiger charge is 2.49. The van der Waals surface area contributed by atoms with E-state index in [1.807, 2.05) is 0 Å². The first kappa shape index (κ1) is 3.26. The molecule has 38 valence electrons. The van der Waals surface area contributed by atoms with Crippen LogP contribution < -0.4 is 0 Å². The molecule has 0 aromatic rings. The van der Waals surface area contributed by atoms with Crippen LogP contribution >= 0.6 is 0 Å². The first-order valence-corrected chi connectivity index (χ1v) is 2.01. The summed E-state index contributed by atoms with van der Waals surface area (Å²) in [4.78, 5) is 14.8. The average Bonchev–Trinajstić information content (AvgIpc) is 2.33. The van der Waals surface area contributed by atoms with E-state index in [0.717, 1.165) is 0 Å². The lowest BCUT2D eigenvalue weighted by Crippen LogP contribution is -2.02. The van der Waals surface area contributed by atoms with Gasteiger partial charge in [-0.3, -0.25) is 0 Å². The average molecular weight is 101 g/mol. The minimum Gasteiger partial charge on any atom is -0.443 e. The standard InChI is InChI=1S/C3H3NO3/c5-3-4-2(7-4)1-6-3/h2H,1H2. The van der Waals surface area contributed by atoms with E-state index in [2.05, 4.69) is 9.57 Å². The highest BCUT2D eigenvalue weighted by Crippen LogP contribution is 2.27. The molecule has 0 radical (unpaired) electrons. The zero-order valence-corrected chi connectivity index (χ0v) is 3.46. The van der Waals surface area contributed by atoms with Crippen molar-refractivity contribution in [3.8, 4) is 0 Å². The monoisotopic (exact) mass is 101 g/mol. The second-order valence-corrected chi connectivity index (χ2v) is 1.46. The summed E-state index contributed by atoms with van der Waals surface area (Å²) in [5.74, 6) is 0. The van der Waals surface area contributed by atoms with Gasteiger partial charge in [0.25, 0.3) is 0 Å². The van der Waals surface area contributed by atoms with Gasteiger partial charge in [0.15, 0.2) is 0 Å². The number of carbonyl (C=O) groups excluding carboxylic acids is 1. The maximum atomic E-state index is 10.2. The number of carbonyl (C=O) groups is 1. The molecule has 4 nitrogen and oxygen atoms in total. The topological polar surface area (TPSA) is 41.8 Å². The van der Waals surface area contributed by atoms with Crippen molar-refractivity contribution in [1.82, 2.24) is 5.06 Å². The number of cyclic esters (lactones) is 1. The Labute approximate surface area is 39.6 Å². The lowest BCUT2D eigenvalue weighted by molar-refractivity contribution is 0.0861. The van der Waals surface area contributed by atoms with Crippen LogP contribution in [0.5, 0.6) is 0 Å². The Balaban J connectivity index is 2.21. The Bertz CT molecular complexity index is 123. The quantitative estimate of drug-likeness (QED) is 0.394. The Morgan fingerprint density at radius 2 is 2.71 bits per heavy atom. The SMILES string of the molecule is O=C1OCC2ON12. The molecule has 2 aliphatic heterocycles. The van der Waals surface area contributed by atoms with Gasteiger partial charge in [0, 0.05) is 0 Å². The molecule has 2 rings (SSSR count). The van der Waals surface area contributed by atoms with Crippen molar-refractivity contribution in [2.45, 2.75) is 6.23 Å². The van der Waals surface area contributed by atoms with Crippen molar-refractivity contribution in [1.29, 1.82) is 0 Å². The molecule has 2 heterocycles. The summed E-state index contributed by atoms with van der Waals surface area (Å²) in [7, 11) is 0. The normalized spacial score (nSPS) is 35.1. The smallest absolute Gasteiger partial charge is 0.436 e. The number of amides is 1.